The molecule has 2 heterocycles. The van der Waals surface area contributed by atoms with Gasteiger partial charge in [0.05, 0.1) is 24.1 Å². The van der Waals surface area contributed by atoms with Crippen LogP contribution < -0.4 is 4.74 Å². The summed E-state index contributed by atoms with van der Waals surface area (Å²) in [5.74, 6) is 0.751. The fourth-order valence-electron chi connectivity index (χ4n) is 1.30. The van der Waals surface area contributed by atoms with Crippen molar-refractivity contribution in [2.75, 3.05) is 7.11 Å². The summed E-state index contributed by atoms with van der Waals surface area (Å²) in [7, 11) is 3.36. The van der Waals surface area contributed by atoms with Crippen LogP contribution in [-0.2, 0) is 13.5 Å². The molecule has 0 radical (unpaired) electrons. The quantitative estimate of drug-likeness (QED) is 0.752. The van der Waals surface area contributed by atoms with E-state index in [0.29, 0.717) is 16.3 Å². The van der Waals surface area contributed by atoms with E-state index in [-0.39, 0.29) is 12.2 Å². The number of ether oxygens (including phenoxy) is 1. The Hall–Kier alpha value is -1.69. The fraction of sp³-hybridized carbons (Fsp3) is 0.300. The van der Waals surface area contributed by atoms with Gasteiger partial charge in [0.15, 0.2) is 5.78 Å². The zero-order valence-corrected chi connectivity index (χ0v) is 9.82. The summed E-state index contributed by atoms with van der Waals surface area (Å²) in [6.45, 7) is 0. The van der Waals surface area contributed by atoms with Gasteiger partial charge in [-0.05, 0) is 0 Å². The average Bonchev–Trinajstić information content (AvgIpc) is 2.87. The molecule has 2 rings (SSSR count). The highest BCUT2D eigenvalue weighted by molar-refractivity contribution is 7.12. The number of nitrogens with zero attached hydrogens (tertiary/aromatic N) is 3. The molecule has 0 saturated heterocycles. The number of carbonyl (C=O) groups is 1. The molecule has 2 aromatic heterocycles. The Balaban J connectivity index is 2.08. The van der Waals surface area contributed by atoms with E-state index in [2.05, 4.69) is 10.3 Å². The maximum Gasteiger partial charge on any atom is 0.178 e. The van der Waals surface area contributed by atoms with Crippen LogP contribution in [-0.4, -0.2) is 27.9 Å². The number of hydrogen-bond acceptors (Lipinski definition) is 5. The molecule has 0 spiro atoms. The summed E-state index contributed by atoms with van der Waals surface area (Å²) in [5, 5.41) is 9.46. The van der Waals surface area contributed by atoms with Crippen molar-refractivity contribution in [1.82, 2.24) is 15.0 Å². The van der Waals surface area contributed by atoms with Gasteiger partial charge >= 0.3 is 0 Å². The molecule has 0 aliphatic carbocycles. The monoisotopic (exact) mass is 237 g/mol. The second-order valence-electron chi connectivity index (χ2n) is 3.33. The minimum absolute atomic E-state index is 0.0359. The number of hydrogen-bond donors (Lipinski definition) is 0. The van der Waals surface area contributed by atoms with E-state index in [9.17, 15) is 4.79 Å². The van der Waals surface area contributed by atoms with E-state index < -0.39 is 0 Å². The van der Waals surface area contributed by atoms with E-state index in [1.54, 1.807) is 31.1 Å². The Morgan fingerprint density at radius 2 is 2.44 bits per heavy atom. The molecule has 6 heteroatoms. The van der Waals surface area contributed by atoms with Crippen LogP contribution in [0.4, 0.5) is 0 Å². The molecule has 5 nitrogen and oxygen atoms in total. The summed E-state index contributed by atoms with van der Waals surface area (Å²) in [5.41, 5.74) is 0.680. The van der Waals surface area contributed by atoms with Crippen molar-refractivity contribution in [3.63, 3.8) is 0 Å². The van der Waals surface area contributed by atoms with Crippen LogP contribution in [0.1, 0.15) is 15.4 Å². The van der Waals surface area contributed by atoms with Gasteiger partial charge in [-0.3, -0.25) is 9.48 Å². The first-order valence-corrected chi connectivity index (χ1v) is 5.58. The van der Waals surface area contributed by atoms with E-state index in [1.807, 2.05) is 5.38 Å². The second kappa shape index (κ2) is 4.44. The molecule has 16 heavy (non-hydrogen) atoms. The molecule has 0 saturated carbocycles. The largest absolute Gasteiger partial charge is 0.496 e. The topological polar surface area (TPSA) is 57.0 Å². The van der Waals surface area contributed by atoms with Gasteiger partial charge in [0.25, 0.3) is 0 Å². The van der Waals surface area contributed by atoms with E-state index >= 15 is 0 Å². The van der Waals surface area contributed by atoms with Crippen molar-refractivity contribution in [2.24, 2.45) is 7.05 Å². The average molecular weight is 237 g/mol. The number of aryl methyl sites for hydroxylation is 1. The van der Waals surface area contributed by atoms with Crippen LogP contribution >= 0.6 is 11.3 Å². The molecule has 0 amide bonds. The molecule has 0 N–H and O–H groups in total. The van der Waals surface area contributed by atoms with Crippen molar-refractivity contribution in [2.45, 2.75) is 6.42 Å². The van der Waals surface area contributed by atoms with Gasteiger partial charge in [-0.15, -0.1) is 16.4 Å². The van der Waals surface area contributed by atoms with Crippen molar-refractivity contribution < 1.29 is 9.53 Å². The van der Waals surface area contributed by atoms with E-state index in [1.165, 1.54) is 11.3 Å². The molecule has 0 aliphatic rings. The lowest BCUT2D eigenvalue weighted by Gasteiger charge is -1.93. The predicted molar refractivity (Wildman–Crippen MR) is 59.9 cm³/mol. The summed E-state index contributed by atoms with van der Waals surface area (Å²) < 4.78 is 6.61. The zero-order valence-electron chi connectivity index (χ0n) is 9.01. The maximum absolute atomic E-state index is 11.8. The first kappa shape index (κ1) is 10.8. The van der Waals surface area contributed by atoms with Gasteiger partial charge in [-0.2, -0.15) is 0 Å². The van der Waals surface area contributed by atoms with Crippen LogP contribution in [0.2, 0.25) is 0 Å². The van der Waals surface area contributed by atoms with Crippen LogP contribution in [0.3, 0.4) is 0 Å². The number of aromatic nitrogens is 3. The highest BCUT2D eigenvalue weighted by atomic mass is 32.1. The molecule has 0 aliphatic heterocycles. The number of rotatable bonds is 4. The fourth-order valence-corrected chi connectivity index (χ4v) is 2.10. The summed E-state index contributed by atoms with van der Waals surface area (Å²) in [6.07, 6.45) is 2.01. The summed E-state index contributed by atoms with van der Waals surface area (Å²) >= 11 is 1.38. The lowest BCUT2D eigenvalue weighted by Crippen LogP contribution is -2.01. The number of methoxy groups -OCH3 is 1. The minimum Gasteiger partial charge on any atom is -0.496 e. The van der Waals surface area contributed by atoms with Gasteiger partial charge < -0.3 is 4.74 Å². The summed E-state index contributed by atoms with van der Waals surface area (Å²) in [4.78, 5) is 12.5. The number of thiophene rings is 1. The Morgan fingerprint density at radius 1 is 1.62 bits per heavy atom. The highest BCUT2D eigenvalue weighted by Gasteiger charge is 2.12. The Bertz CT molecular complexity index is 504. The summed E-state index contributed by atoms with van der Waals surface area (Å²) in [6, 6.07) is 1.74. The van der Waals surface area contributed by atoms with Gasteiger partial charge in [0.2, 0.25) is 0 Å². The molecule has 0 fully saturated rings. The van der Waals surface area contributed by atoms with Crippen LogP contribution in [0, 0.1) is 0 Å². The third kappa shape index (κ3) is 2.27. The van der Waals surface area contributed by atoms with Crippen LogP contribution in [0.15, 0.2) is 17.6 Å². The Labute approximate surface area is 96.7 Å². The molecule has 2 aromatic rings. The lowest BCUT2D eigenvalue weighted by molar-refractivity contribution is 0.0995. The van der Waals surface area contributed by atoms with Crippen molar-refractivity contribution in [1.29, 1.82) is 0 Å². The molecule has 84 valence electrons. The lowest BCUT2D eigenvalue weighted by atomic mass is 10.2. The van der Waals surface area contributed by atoms with Gasteiger partial charge in [-0.25, -0.2) is 0 Å². The second-order valence-corrected chi connectivity index (χ2v) is 4.25. The van der Waals surface area contributed by atoms with Gasteiger partial charge in [-0.1, -0.05) is 5.21 Å². The van der Waals surface area contributed by atoms with Crippen LogP contribution in [0.5, 0.6) is 5.75 Å². The zero-order chi connectivity index (χ0) is 11.5. The third-order valence-corrected chi connectivity index (χ3v) is 3.03. The van der Waals surface area contributed by atoms with Crippen molar-refractivity contribution in [3.05, 3.63) is 28.2 Å². The third-order valence-electron chi connectivity index (χ3n) is 2.08. The van der Waals surface area contributed by atoms with E-state index in [4.69, 9.17) is 4.74 Å². The first-order chi connectivity index (χ1) is 7.69. The molecular weight excluding hydrogens is 226 g/mol. The van der Waals surface area contributed by atoms with Crippen molar-refractivity contribution in [3.8, 4) is 5.75 Å². The van der Waals surface area contributed by atoms with Gasteiger partial charge in [0.1, 0.15) is 5.75 Å². The Morgan fingerprint density at radius 3 is 3.00 bits per heavy atom. The standard InChI is InChI=1S/C10H11N3O2S/c1-13-5-7(11-12-13)3-9(14)10-4-8(15-2)6-16-10/h4-6H,3H2,1-2H3. The smallest absolute Gasteiger partial charge is 0.178 e. The highest BCUT2D eigenvalue weighted by Crippen LogP contribution is 2.22. The van der Waals surface area contributed by atoms with E-state index in [0.717, 1.165) is 0 Å². The number of carbonyl (C=O) groups excluding carboxylic acids is 1. The minimum atomic E-state index is 0.0359. The van der Waals surface area contributed by atoms with Crippen molar-refractivity contribution >= 4 is 17.1 Å². The predicted octanol–water partition coefficient (Wildman–Crippen LogP) is 1.31. The molecule has 0 unspecified atom stereocenters. The number of Topliss-reactive ketones (excluding diaryl/α,β-unsaturated/α-hetero) is 1. The molecule has 0 aromatic carbocycles. The molecule has 0 bridgehead atoms. The number of ketones is 1. The SMILES string of the molecule is COc1csc(C(=O)Cc2cn(C)nn2)c1. The normalized spacial score (nSPS) is 10.4. The maximum atomic E-state index is 11.8. The van der Waals surface area contributed by atoms with Crippen LogP contribution in [0.25, 0.3) is 0 Å². The molecule has 0 atom stereocenters. The molecular formula is C10H11N3O2S. The Kier molecular flexibility index (Phi) is 3.00. The van der Waals surface area contributed by atoms with Gasteiger partial charge in [0, 0.05) is 24.7 Å². The first-order valence-electron chi connectivity index (χ1n) is 4.70.